The minimum atomic E-state index is -2.56. The molecule has 0 saturated carbocycles. The molecule has 0 aliphatic rings. The molecule has 0 saturated heterocycles. The number of aromatic nitrogens is 1. The topological polar surface area (TPSA) is 48.1 Å². The van der Waals surface area contributed by atoms with E-state index in [2.05, 4.69) is 4.98 Å². The third-order valence-electron chi connectivity index (χ3n) is 1.47. The number of methoxy groups -OCH3 is 1. The Labute approximate surface area is 87.4 Å². The van der Waals surface area contributed by atoms with Gasteiger partial charge in [-0.25, -0.2) is 13.8 Å². The summed E-state index contributed by atoms with van der Waals surface area (Å²) in [5.41, 5.74) is 5.25. The van der Waals surface area contributed by atoms with Crippen LogP contribution in [0.3, 0.4) is 0 Å². The number of rotatable bonds is 2. The van der Waals surface area contributed by atoms with Crippen LogP contribution in [0.5, 0.6) is 5.75 Å². The average Bonchev–Trinajstić information content (AvgIpc) is 2.04. The van der Waals surface area contributed by atoms with Gasteiger partial charge in [0.2, 0.25) is 0 Å². The number of nitrogens with two attached hydrogens (primary N) is 1. The first-order valence-corrected chi connectivity index (χ1v) is 4.41. The highest BCUT2D eigenvalue weighted by atomic mass is 127. The lowest BCUT2D eigenvalue weighted by molar-refractivity contribution is 0.149. The largest absolute Gasteiger partial charge is 0.492 e. The van der Waals surface area contributed by atoms with Crippen molar-refractivity contribution < 1.29 is 13.5 Å². The van der Waals surface area contributed by atoms with Crippen molar-refractivity contribution in [3.8, 4) is 5.75 Å². The number of halogens is 3. The van der Waals surface area contributed by atoms with Gasteiger partial charge in [0.15, 0.2) is 11.6 Å². The molecule has 0 atom stereocenters. The van der Waals surface area contributed by atoms with Crippen LogP contribution in [0.25, 0.3) is 0 Å². The number of alkyl halides is 2. The van der Waals surface area contributed by atoms with Crippen LogP contribution < -0.4 is 10.5 Å². The van der Waals surface area contributed by atoms with Gasteiger partial charge < -0.3 is 10.5 Å². The molecule has 0 unspecified atom stereocenters. The lowest BCUT2D eigenvalue weighted by Gasteiger charge is -2.09. The van der Waals surface area contributed by atoms with E-state index in [1.807, 2.05) is 0 Å². The van der Waals surface area contributed by atoms with Gasteiger partial charge in [-0.1, -0.05) is 0 Å². The number of anilines is 1. The Morgan fingerprint density at radius 1 is 1.62 bits per heavy atom. The van der Waals surface area contributed by atoms with Gasteiger partial charge in [-0.2, -0.15) is 0 Å². The number of pyridine rings is 1. The summed E-state index contributed by atoms with van der Waals surface area (Å²) in [6.07, 6.45) is -1.50. The van der Waals surface area contributed by atoms with Crippen LogP contribution in [0.2, 0.25) is 0 Å². The molecular weight excluding hydrogens is 293 g/mol. The molecule has 13 heavy (non-hydrogen) atoms. The van der Waals surface area contributed by atoms with Gasteiger partial charge in [-0.3, -0.25) is 0 Å². The first kappa shape index (κ1) is 10.4. The molecule has 1 aromatic rings. The molecule has 0 radical (unpaired) electrons. The van der Waals surface area contributed by atoms with E-state index >= 15 is 0 Å². The number of nitrogens with zero attached hydrogens (tertiary/aromatic N) is 1. The molecule has 1 aromatic heterocycles. The molecule has 1 rings (SSSR count). The zero-order chi connectivity index (χ0) is 10.0. The average molecular weight is 300 g/mol. The Bertz CT molecular complexity index is 320. The van der Waals surface area contributed by atoms with E-state index < -0.39 is 6.43 Å². The van der Waals surface area contributed by atoms with Crippen LogP contribution in [0.15, 0.2) is 6.20 Å². The van der Waals surface area contributed by atoms with Crippen LogP contribution in [0, 0.1) is 3.57 Å². The highest BCUT2D eigenvalue weighted by Gasteiger charge is 2.17. The van der Waals surface area contributed by atoms with Gasteiger partial charge in [0.05, 0.1) is 16.2 Å². The monoisotopic (exact) mass is 300 g/mol. The molecule has 0 aromatic carbocycles. The quantitative estimate of drug-likeness (QED) is 0.852. The van der Waals surface area contributed by atoms with Crippen LogP contribution >= 0.6 is 22.6 Å². The Morgan fingerprint density at radius 3 is 2.69 bits per heavy atom. The first-order chi connectivity index (χ1) is 6.07. The van der Waals surface area contributed by atoms with E-state index in [-0.39, 0.29) is 17.1 Å². The van der Waals surface area contributed by atoms with Crippen molar-refractivity contribution in [1.29, 1.82) is 0 Å². The summed E-state index contributed by atoms with van der Waals surface area (Å²) < 4.78 is 29.8. The molecule has 3 nitrogen and oxygen atoms in total. The second-order valence-corrected chi connectivity index (χ2v) is 3.33. The van der Waals surface area contributed by atoms with Crippen LogP contribution in [-0.2, 0) is 0 Å². The number of ether oxygens (including phenoxy) is 1. The van der Waals surface area contributed by atoms with Crippen molar-refractivity contribution in [3.63, 3.8) is 0 Å². The Hall–Kier alpha value is -0.660. The van der Waals surface area contributed by atoms with Crippen molar-refractivity contribution >= 4 is 28.4 Å². The van der Waals surface area contributed by atoms with Gasteiger partial charge >= 0.3 is 0 Å². The maximum atomic E-state index is 12.3. The molecule has 2 N–H and O–H groups in total. The third kappa shape index (κ3) is 1.98. The standard InChI is InChI=1S/C7H7F2IN2O/c1-13-5-4(10)3(6(8)9)2-12-7(5)11/h2,6H,1H3,(H2,11,12). The van der Waals surface area contributed by atoms with Crippen LogP contribution in [-0.4, -0.2) is 12.1 Å². The summed E-state index contributed by atoms with van der Waals surface area (Å²) in [5.74, 6) is 0.328. The molecule has 6 heteroatoms. The zero-order valence-corrected chi connectivity index (χ0v) is 8.88. The smallest absolute Gasteiger partial charge is 0.266 e. The normalized spacial score (nSPS) is 10.5. The fourth-order valence-electron chi connectivity index (χ4n) is 0.844. The zero-order valence-electron chi connectivity index (χ0n) is 6.72. The van der Waals surface area contributed by atoms with Gasteiger partial charge in [0, 0.05) is 6.20 Å². The summed E-state index contributed by atoms with van der Waals surface area (Å²) in [6.45, 7) is 0. The maximum absolute atomic E-state index is 12.3. The van der Waals surface area contributed by atoms with E-state index in [1.54, 1.807) is 22.6 Å². The fraction of sp³-hybridized carbons (Fsp3) is 0.286. The molecule has 0 aliphatic heterocycles. The van der Waals surface area contributed by atoms with E-state index in [1.165, 1.54) is 7.11 Å². The van der Waals surface area contributed by atoms with Gasteiger partial charge in [-0.05, 0) is 22.6 Å². The van der Waals surface area contributed by atoms with E-state index in [9.17, 15) is 8.78 Å². The number of hydrogen-bond donors (Lipinski definition) is 1. The van der Waals surface area contributed by atoms with Gasteiger partial charge in [-0.15, -0.1) is 0 Å². The Morgan fingerprint density at radius 2 is 2.23 bits per heavy atom. The highest BCUT2D eigenvalue weighted by Crippen LogP contribution is 2.33. The van der Waals surface area contributed by atoms with Gasteiger partial charge in [0.25, 0.3) is 6.43 Å². The molecular formula is C7H7F2IN2O. The highest BCUT2D eigenvalue weighted by molar-refractivity contribution is 14.1. The molecule has 0 amide bonds. The third-order valence-corrected chi connectivity index (χ3v) is 2.58. The number of hydrogen-bond acceptors (Lipinski definition) is 3. The molecule has 0 fully saturated rings. The van der Waals surface area contributed by atoms with E-state index in [4.69, 9.17) is 10.5 Å². The van der Waals surface area contributed by atoms with Gasteiger partial charge in [0.1, 0.15) is 0 Å². The maximum Gasteiger partial charge on any atom is 0.266 e. The summed E-state index contributed by atoms with van der Waals surface area (Å²) in [7, 11) is 1.37. The van der Waals surface area contributed by atoms with Crippen molar-refractivity contribution in [3.05, 3.63) is 15.3 Å². The second-order valence-electron chi connectivity index (χ2n) is 2.25. The lowest BCUT2D eigenvalue weighted by atomic mass is 10.3. The van der Waals surface area contributed by atoms with Crippen molar-refractivity contribution in [2.45, 2.75) is 6.43 Å². The summed E-state index contributed by atoms with van der Waals surface area (Å²) in [5, 5.41) is 0. The second kappa shape index (κ2) is 4.03. The minimum Gasteiger partial charge on any atom is -0.492 e. The van der Waals surface area contributed by atoms with E-state index in [0.717, 1.165) is 6.20 Å². The summed E-state index contributed by atoms with van der Waals surface area (Å²) >= 11 is 1.76. The molecule has 0 aliphatic carbocycles. The summed E-state index contributed by atoms with van der Waals surface area (Å²) in [4.78, 5) is 3.60. The van der Waals surface area contributed by atoms with Crippen LogP contribution in [0.1, 0.15) is 12.0 Å². The number of nitrogen functional groups attached to an aromatic ring is 1. The molecule has 0 bridgehead atoms. The molecule has 1 heterocycles. The predicted molar refractivity (Wildman–Crippen MR) is 52.9 cm³/mol. The minimum absolute atomic E-state index is 0.122. The van der Waals surface area contributed by atoms with E-state index in [0.29, 0.717) is 3.57 Å². The SMILES string of the molecule is COc1c(N)ncc(C(F)F)c1I. The molecule has 72 valence electrons. The summed E-state index contributed by atoms with van der Waals surface area (Å²) in [6, 6.07) is 0. The predicted octanol–water partition coefficient (Wildman–Crippen LogP) is 2.21. The van der Waals surface area contributed by atoms with Crippen molar-refractivity contribution in [1.82, 2.24) is 4.98 Å². The molecule has 0 spiro atoms. The van der Waals surface area contributed by atoms with Crippen molar-refractivity contribution in [2.24, 2.45) is 0 Å². The Balaban J connectivity index is 3.27. The van der Waals surface area contributed by atoms with Crippen LogP contribution in [0.4, 0.5) is 14.6 Å². The van der Waals surface area contributed by atoms with Crippen molar-refractivity contribution in [2.75, 3.05) is 12.8 Å². The first-order valence-electron chi connectivity index (χ1n) is 3.34. The Kier molecular flexibility index (Phi) is 3.23. The fourth-order valence-corrected chi connectivity index (χ4v) is 1.72. The lowest BCUT2D eigenvalue weighted by Crippen LogP contribution is -2.01.